The van der Waals surface area contributed by atoms with Crippen molar-refractivity contribution >= 4 is 17.8 Å². The van der Waals surface area contributed by atoms with Crippen molar-refractivity contribution < 1.29 is 23.8 Å². The molecule has 0 amide bonds. The van der Waals surface area contributed by atoms with Crippen molar-refractivity contribution in [2.24, 2.45) is 11.8 Å². The van der Waals surface area contributed by atoms with E-state index in [1.54, 1.807) is 27.7 Å². The molecular weight excluding hydrogens is 392 g/mol. The maximum absolute atomic E-state index is 11.6. The summed E-state index contributed by atoms with van der Waals surface area (Å²) >= 11 is 0. The van der Waals surface area contributed by atoms with Crippen LogP contribution in [-0.4, -0.2) is 46.5 Å². The van der Waals surface area contributed by atoms with Crippen LogP contribution in [0.1, 0.15) is 67.0 Å². The number of aromatic nitrogens is 3. The number of carbonyl (C=O) groups excluding carboxylic acids is 2. The fourth-order valence-electron chi connectivity index (χ4n) is 2.13. The highest BCUT2D eigenvalue weighted by molar-refractivity contribution is 5.71. The Morgan fingerprint density at radius 1 is 1.20 bits per heavy atom. The van der Waals surface area contributed by atoms with E-state index in [-0.39, 0.29) is 42.3 Å². The Bertz CT molecular complexity index is 705. The molecule has 2 heterocycles. The summed E-state index contributed by atoms with van der Waals surface area (Å²) in [5.74, 6) is -0.504. The van der Waals surface area contributed by atoms with E-state index in [0.717, 1.165) is 4.68 Å². The van der Waals surface area contributed by atoms with Gasteiger partial charge in [-0.2, -0.15) is 14.8 Å². The largest absolute Gasteiger partial charge is 0.469 e. The Balaban J connectivity index is 0.000000706. The third-order valence-electron chi connectivity index (χ3n) is 3.65. The molecule has 1 aromatic rings. The van der Waals surface area contributed by atoms with Crippen molar-refractivity contribution in [3.8, 4) is 0 Å². The molecule has 2 N–H and O–H groups in total. The molecule has 1 aromatic heterocycles. The molecule has 172 valence electrons. The topological polar surface area (TPSA) is 136 Å². The predicted molar refractivity (Wildman–Crippen MR) is 112 cm³/mol. The Hall–Kier alpha value is -2.49. The molecule has 1 fully saturated rings. The standard InChI is InChI=1S/C12H18N4O4.C5H10O2.C3H8/c1-7(2)11(17)19-6-8-3-4-10(20-8)16-12(18)15-9(13)5-14-16;1-4(2)5(6)7-3;1-3-2/h5,7-8,10H,3-4,6H2,1-2H3,(H2,13,15,18);4H,1-3H3;3H2,1-2H3. The highest BCUT2D eigenvalue weighted by Gasteiger charge is 2.29. The number of methoxy groups -OCH3 is 1. The van der Waals surface area contributed by atoms with Crippen LogP contribution in [0.25, 0.3) is 0 Å². The molecule has 10 nitrogen and oxygen atoms in total. The molecule has 2 atom stereocenters. The Labute approximate surface area is 178 Å². The average molecular weight is 429 g/mol. The van der Waals surface area contributed by atoms with Gasteiger partial charge in [0.25, 0.3) is 0 Å². The van der Waals surface area contributed by atoms with Gasteiger partial charge in [0.05, 0.1) is 31.2 Å². The first-order chi connectivity index (χ1) is 14.1. The zero-order chi connectivity index (χ0) is 23.3. The third kappa shape index (κ3) is 10.3. The van der Waals surface area contributed by atoms with Crippen molar-refractivity contribution in [2.45, 2.75) is 73.1 Å². The van der Waals surface area contributed by atoms with Gasteiger partial charge in [-0.05, 0) is 12.8 Å². The fourth-order valence-corrected chi connectivity index (χ4v) is 2.13. The number of rotatable bonds is 5. The summed E-state index contributed by atoms with van der Waals surface area (Å²) in [4.78, 5) is 36.9. The molecule has 0 radical (unpaired) electrons. The van der Waals surface area contributed by atoms with E-state index in [1.165, 1.54) is 19.7 Å². The van der Waals surface area contributed by atoms with Crippen LogP contribution in [0, 0.1) is 11.8 Å². The second-order valence-corrected chi connectivity index (χ2v) is 7.37. The summed E-state index contributed by atoms with van der Waals surface area (Å²) in [7, 11) is 1.39. The molecule has 0 bridgehead atoms. The van der Waals surface area contributed by atoms with Gasteiger partial charge in [-0.15, -0.1) is 0 Å². The van der Waals surface area contributed by atoms with Gasteiger partial charge in [0.15, 0.2) is 6.23 Å². The molecule has 0 aromatic carbocycles. The highest BCUT2D eigenvalue weighted by atomic mass is 16.6. The summed E-state index contributed by atoms with van der Waals surface area (Å²) in [6.07, 6.45) is 3.14. The van der Waals surface area contributed by atoms with E-state index in [0.29, 0.717) is 12.8 Å². The molecule has 2 rings (SSSR count). The van der Waals surface area contributed by atoms with Crippen LogP contribution in [-0.2, 0) is 23.8 Å². The Morgan fingerprint density at radius 2 is 1.77 bits per heavy atom. The van der Waals surface area contributed by atoms with E-state index in [4.69, 9.17) is 15.2 Å². The zero-order valence-electron chi connectivity index (χ0n) is 19.1. The first-order valence-corrected chi connectivity index (χ1v) is 10.2. The molecule has 0 saturated carbocycles. The van der Waals surface area contributed by atoms with Gasteiger partial charge >= 0.3 is 17.6 Å². The van der Waals surface area contributed by atoms with Crippen molar-refractivity contribution in [1.82, 2.24) is 14.8 Å². The lowest BCUT2D eigenvalue weighted by Crippen LogP contribution is -2.30. The van der Waals surface area contributed by atoms with Gasteiger partial charge in [-0.1, -0.05) is 48.0 Å². The molecule has 1 aliphatic heterocycles. The first-order valence-electron chi connectivity index (χ1n) is 10.2. The molecule has 10 heteroatoms. The SMILES string of the molecule is CC(C)C(=O)OCC1CCC(n2ncc(N)nc2=O)O1.CCC.COC(=O)C(C)C. The molecule has 0 spiro atoms. The van der Waals surface area contributed by atoms with Gasteiger partial charge in [-0.3, -0.25) is 9.59 Å². The minimum absolute atomic E-state index is 0.00463. The third-order valence-corrected chi connectivity index (χ3v) is 3.65. The number of carbonyl (C=O) groups is 2. The second-order valence-electron chi connectivity index (χ2n) is 7.37. The van der Waals surface area contributed by atoms with Crippen molar-refractivity contribution in [1.29, 1.82) is 0 Å². The number of hydrogen-bond donors (Lipinski definition) is 1. The summed E-state index contributed by atoms with van der Waals surface area (Å²) in [6.45, 7) is 11.6. The smallest absolute Gasteiger partial charge is 0.368 e. The minimum Gasteiger partial charge on any atom is -0.469 e. The average Bonchev–Trinajstić information content (AvgIpc) is 3.15. The van der Waals surface area contributed by atoms with Gasteiger partial charge in [-0.25, -0.2) is 4.79 Å². The predicted octanol–water partition coefficient (Wildman–Crippen LogP) is 2.33. The van der Waals surface area contributed by atoms with E-state index in [9.17, 15) is 14.4 Å². The summed E-state index contributed by atoms with van der Waals surface area (Å²) in [5.41, 5.74) is 4.83. The maximum Gasteiger partial charge on any atom is 0.368 e. The van der Waals surface area contributed by atoms with Crippen LogP contribution < -0.4 is 11.4 Å². The van der Waals surface area contributed by atoms with E-state index >= 15 is 0 Å². The molecule has 30 heavy (non-hydrogen) atoms. The Morgan fingerprint density at radius 3 is 2.20 bits per heavy atom. The lowest BCUT2D eigenvalue weighted by atomic mass is 10.2. The summed E-state index contributed by atoms with van der Waals surface area (Å²) in [5, 5.41) is 3.90. The van der Waals surface area contributed by atoms with Crippen molar-refractivity contribution in [3.63, 3.8) is 0 Å². The van der Waals surface area contributed by atoms with E-state index in [2.05, 4.69) is 28.7 Å². The normalized spacial score (nSPS) is 17.5. The quantitative estimate of drug-likeness (QED) is 0.701. The molecular formula is C20H36N4O6. The van der Waals surface area contributed by atoms with Crippen molar-refractivity contribution in [3.05, 3.63) is 16.7 Å². The second kappa shape index (κ2) is 14.5. The molecule has 1 aliphatic rings. The number of ether oxygens (including phenoxy) is 3. The van der Waals surface area contributed by atoms with Gasteiger partial charge < -0.3 is 19.9 Å². The Kier molecular flexibility index (Phi) is 13.3. The number of nitrogens with zero attached hydrogens (tertiary/aromatic N) is 3. The van der Waals surface area contributed by atoms with Crippen LogP contribution in [0.5, 0.6) is 0 Å². The summed E-state index contributed by atoms with van der Waals surface area (Å²) in [6, 6.07) is 0. The monoisotopic (exact) mass is 428 g/mol. The number of nitrogen functional groups attached to an aromatic ring is 1. The highest BCUT2D eigenvalue weighted by Crippen LogP contribution is 2.26. The number of hydrogen-bond acceptors (Lipinski definition) is 9. The first kappa shape index (κ1) is 27.5. The lowest BCUT2D eigenvalue weighted by Gasteiger charge is -2.15. The molecule has 2 unspecified atom stereocenters. The molecule has 0 aliphatic carbocycles. The van der Waals surface area contributed by atoms with Crippen LogP contribution in [0.15, 0.2) is 11.0 Å². The van der Waals surface area contributed by atoms with Crippen LogP contribution in [0.4, 0.5) is 5.82 Å². The van der Waals surface area contributed by atoms with E-state index in [1.807, 2.05) is 0 Å². The van der Waals surface area contributed by atoms with Crippen molar-refractivity contribution in [2.75, 3.05) is 19.5 Å². The van der Waals surface area contributed by atoms with Crippen LogP contribution in [0.3, 0.4) is 0 Å². The fraction of sp³-hybridized carbons (Fsp3) is 0.750. The van der Waals surface area contributed by atoms with Crippen LogP contribution >= 0.6 is 0 Å². The van der Waals surface area contributed by atoms with Gasteiger partial charge in [0.2, 0.25) is 0 Å². The summed E-state index contributed by atoms with van der Waals surface area (Å²) < 4.78 is 16.3. The van der Waals surface area contributed by atoms with Crippen LogP contribution in [0.2, 0.25) is 0 Å². The maximum atomic E-state index is 11.6. The van der Waals surface area contributed by atoms with Gasteiger partial charge in [0.1, 0.15) is 12.4 Å². The van der Waals surface area contributed by atoms with Gasteiger partial charge in [0, 0.05) is 0 Å². The molecule has 1 saturated heterocycles. The lowest BCUT2D eigenvalue weighted by molar-refractivity contribution is -0.152. The zero-order valence-corrected chi connectivity index (χ0v) is 19.1. The number of anilines is 1. The number of nitrogens with two attached hydrogens (primary N) is 1. The number of esters is 2. The van der Waals surface area contributed by atoms with E-state index < -0.39 is 11.9 Å². The minimum atomic E-state index is -0.546.